The molecular formula is C9H17NaOS2. The Kier molecular flexibility index (Phi) is 14.2. The van der Waals surface area contributed by atoms with Gasteiger partial charge in [-0.3, -0.25) is 0 Å². The van der Waals surface area contributed by atoms with E-state index in [0.717, 1.165) is 6.42 Å². The number of rotatable bonds is 6. The Morgan fingerprint density at radius 2 is 2.08 bits per heavy atom. The second kappa shape index (κ2) is 11.2. The SMILES string of the molecule is CCCCC(CC)COC(=S)[S-].[Na+]. The zero-order valence-corrected chi connectivity index (χ0v) is 12.5. The maximum Gasteiger partial charge on any atom is 1.00 e. The molecule has 0 fully saturated rings. The van der Waals surface area contributed by atoms with Crippen molar-refractivity contribution in [1.82, 2.24) is 0 Å². The van der Waals surface area contributed by atoms with E-state index in [1.54, 1.807) is 0 Å². The fourth-order valence-electron chi connectivity index (χ4n) is 1.08. The van der Waals surface area contributed by atoms with Crippen molar-refractivity contribution in [3.05, 3.63) is 0 Å². The zero-order chi connectivity index (χ0) is 9.40. The molecule has 0 N–H and O–H groups in total. The van der Waals surface area contributed by atoms with Gasteiger partial charge >= 0.3 is 29.6 Å². The molecule has 0 spiro atoms. The van der Waals surface area contributed by atoms with Crippen molar-refractivity contribution < 1.29 is 34.3 Å². The van der Waals surface area contributed by atoms with E-state index in [2.05, 4.69) is 38.7 Å². The molecule has 0 aromatic heterocycles. The van der Waals surface area contributed by atoms with Crippen LogP contribution in [-0.4, -0.2) is 11.0 Å². The molecule has 0 amide bonds. The second-order valence-electron chi connectivity index (χ2n) is 2.98. The Hall–Kier alpha value is 1.11. The average Bonchev–Trinajstić information content (AvgIpc) is 2.05. The molecule has 0 aliphatic heterocycles. The summed E-state index contributed by atoms with van der Waals surface area (Å²) in [5.41, 5.74) is 0. The molecule has 0 aliphatic carbocycles. The van der Waals surface area contributed by atoms with E-state index in [1.807, 2.05) is 0 Å². The average molecular weight is 228 g/mol. The molecule has 4 heteroatoms. The van der Waals surface area contributed by atoms with E-state index in [-0.39, 0.29) is 33.9 Å². The third kappa shape index (κ3) is 11.0. The molecule has 1 unspecified atom stereocenters. The molecular weight excluding hydrogens is 211 g/mol. The minimum atomic E-state index is 0. The molecule has 0 saturated heterocycles. The van der Waals surface area contributed by atoms with E-state index >= 15 is 0 Å². The number of unbranched alkanes of at least 4 members (excludes halogenated alkanes) is 1. The summed E-state index contributed by atoms with van der Waals surface area (Å²) >= 11 is 9.33. The van der Waals surface area contributed by atoms with Crippen molar-refractivity contribution in [3.8, 4) is 0 Å². The van der Waals surface area contributed by atoms with Crippen LogP contribution in [0.25, 0.3) is 0 Å². The van der Waals surface area contributed by atoms with Crippen LogP contribution >= 0.6 is 12.2 Å². The Morgan fingerprint density at radius 1 is 1.46 bits per heavy atom. The van der Waals surface area contributed by atoms with Crippen molar-refractivity contribution in [3.63, 3.8) is 0 Å². The van der Waals surface area contributed by atoms with Crippen molar-refractivity contribution in [2.75, 3.05) is 6.61 Å². The minimum absolute atomic E-state index is 0. The first kappa shape index (κ1) is 16.5. The van der Waals surface area contributed by atoms with Gasteiger partial charge in [-0.2, -0.15) is 0 Å². The quantitative estimate of drug-likeness (QED) is 0.361. The zero-order valence-electron chi connectivity index (χ0n) is 8.84. The normalized spacial score (nSPS) is 11.5. The van der Waals surface area contributed by atoms with Crippen molar-refractivity contribution >= 4 is 29.2 Å². The summed E-state index contributed by atoms with van der Waals surface area (Å²) < 4.78 is 5.39. The molecule has 0 aliphatic rings. The molecule has 13 heavy (non-hydrogen) atoms. The van der Waals surface area contributed by atoms with Crippen LogP contribution in [-0.2, 0) is 17.4 Å². The maximum atomic E-state index is 5.14. The van der Waals surface area contributed by atoms with Crippen molar-refractivity contribution in [1.29, 1.82) is 0 Å². The van der Waals surface area contributed by atoms with Crippen molar-refractivity contribution in [2.45, 2.75) is 39.5 Å². The summed E-state index contributed by atoms with van der Waals surface area (Å²) in [5, 5.41) is 0. The van der Waals surface area contributed by atoms with Gasteiger partial charge in [-0.05, 0) is 12.3 Å². The molecule has 1 atom stereocenters. The third-order valence-electron chi connectivity index (χ3n) is 1.98. The number of hydrogen-bond donors (Lipinski definition) is 0. The van der Waals surface area contributed by atoms with Crippen LogP contribution in [0.2, 0.25) is 0 Å². The molecule has 0 radical (unpaired) electrons. The smallest absolute Gasteiger partial charge is 0.513 e. The first-order valence-electron chi connectivity index (χ1n) is 4.54. The summed E-state index contributed by atoms with van der Waals surface area (Å²) in [4.78, 5) is 0. The predicted molar refractivity (Wildman–Crippen MR) is 59.2 cm³/mol. The minimum Gasteiger partial charge on any atom is -0.513 e. The standard InChI is InChI=1S/C9H18OS2.Na/c1-3-5-6-8(4-2)7-10-9(11)12;/h8H,3-7H2,1-2H3,(H,11,12);/q;+1/p-1. The molecule has 72 valence electrons. The summed E-state index contributed by atoms with van der Waals surface area (Å²) in [6.07, 6.45) is 4.89. The maximum absolute atomic E-state index is 5.14. The van der Waals surface area contributed by atoms with Crippen molar-refractivity contribution in [2.24, 2.45) is 5.92 Å². The number of ether oxygens (including phenoxy) is 1. The monoisotopic (exact) mass is 228 g/mol. The van der Waals surface area contributed by atoms with Gasteiger partial charge in [0.25, 0.3) is 0 Å². The van der Waals surface area contributed by atoms with Crippen LogP contribution in [0.4, 0.5) is 0 Å². The number of thiocarbonyl (C=S) groups is 1. The fourth-order valence-corrected chi connectivity index (χ4v) is 1.22. The molecule has 0 aromatic carbocycles. The van der Waals surface area contributed by atoms with Gasteiger partial charge in [0.1, 0.15) is 0 Å². The summed E-state index contributed by atoms with van der Waals surface area (Å²) in [7, 11) is 0. The Bertz CT molecular complexity index is 131. The largest absolute Gasteiger partial charge is 1.00 e. The van der Waals surface area contributed by atoms with Gasteiger partial charge in [0.15, 0.2) is 0 Å². The van der Waals surface area contributed by atoms with Crippen LogP contribution in [0.5, 0.6) is 0 Å². The first-order valence-corrected chi connectivity index (χ1v) is 5.36. The summed E-state index contributed by atoms with van der Waals surface area (Å²) in [5.74, 6) is 0.630. The van der Waals surface area contributed by atoms with Gasteiger partial charge in [-0.1, -0.05) is 33.1 Å². The number of hydrogen-bond acceptors (Lipinski definition) is 3. The molecule has 0 aromatic rings. The summed E-state index contributed by atoms with van der Waals surface area (Å²) in [6.45, 7) is 5.08. The molecule has 0 saturated carbocycles. The van der Waals surface area contributed by atoms with E-state index in [0.29, 0.717) is 12.5 Å². The van der Waals surface area contributed by atoms with Gasteiger partial charge in [0.2, 0.25) is 0 Å². The molecule has 0 bridgehead atoms. The van der Waals surface area contributed by atoms with Crippen LogP contribution < -0.4 is 29.6 Å². The van der Waals surface area contributed by atoms with E-state index in [4.69, 9.17) is 4.74 Å². The first-order chi connectivity index (χ1) is 5.70. The molecule has 0 heterocycles. The van der Waals surface area contributed by atoms with E-state index in [1.165, 1.54) is 19.3 Å². The van der Waals surface area contributed by atoms with Crippen LogP contribution in [0, 0.1) is 5.92 Å². The second-order valence-corrected chi connectivity index (χ2v) is 3.98. The Balaban J connectivity index is 0. The fraction of sp³-hybridized carbons (Fsp3) is 0.889. The van der Waals surface area contributed by atoms with Gasteiger partial charge < -0.3 is 29.6 Å². The Morgan fingerprint density at radius 3 is 2.46 bits per heavy atom. The van der Waals surface area contributed by atoms with Crippen LogP contribution in [0.15, 0.2) is 0 Å². The third-order valence-corrected chi connectivity index (χ3v) is 2.22. The van der Waals surface area contributed by atoms with Crippen LogP contribution in [0.3, 0.4) is 0 Å². The Labute approximate surface area is 115 Å². The van der Waals surface area contributed by atoms with Gasteiger partial charge in [-0.15, -0.1) is 0 Å². The van der Waals surface area contributed by atoms with E-state index < -0.39 is 0 Å². The van der Waals surface area contributed by atoms with E-state index in [9.17, 15) is 0 Å². The molecule has 0 rings (SSSR count). The van der Waals surface area contributed by atoms with Gasteiger partial charge in [0, 0.05) is 4.38 Å². The van der Waals surface area contributed by atoms with Gasteiger partial charge in [0.05, 0.1) is 6.61 Å². The predicted octanol–water partition coefficient (Wildman–Crippen LogP) is 0.0552. The summed E-state index contributed by atoms with van der Waals surface area (Å²) in [6, 6.07) is 0. The molecule has 1 nitrogen and oxygen atoms in total. The van der Waals surface area contributed by atoms with Crippen LogP contribution in [0.1, 0.15) is 39.5 Å². The topological polar surface area (TPSA) is 9.23 Å². The van der Waals surface area contributed by atoms with Gasteiger partial charge in [-0.25, -0.2) is 0 Å².